The summed E-state index contributed by atoms with van der Waals surface area (Å²) in [6, 6.07) is 7.81. The van der Waals surface area contributed by atoms with Gasteiger partial charge in [0.05, 0.1) is 24.2 Å². The Morgan fingerprint density at radius 3 is 2.50 bits per heavy atom. The van der Waals surface area contributed by atoms with Gasteiger partial charge in [0.2, 0.25) is 10.0 Å². The SMILES string of the molecule is Cc1cc(C)c(S(=O)(=O)NC[C@H](c2cccs2)N2CCOCC2)cc1C. The van der Waals surface area contributed by atoms with Crippen LogP contribution in [0.4, 0.5) is 0 Å². The van der Waals surface area contributed by atoms with Gasteiger partial charge in [0.15, 0.2) is 0 Å². The summed E-state index contributed by atoms with van der Waals surface area (Å²) in [7, 11) is -3.56. The first kappa shape index (κ1) is 19.5. The van der Waals surface area contributed by atoms with E-state index in [-0.39, 0.29) is 6.04 Å². The highest BCUT2D eigenvalue weighted by Crippen LogP contribution is 2.26. The number of nitrogens with one attached hydrogen (secondary N) is 1. The van der Waals surface area contributed by atoms with Crippen LogP contribution in [0.1, 0.15) is 27.6 Å². The Bertz CT molecular complexity index is 842. The molecule has 5 nitrogen and oxygen atoms in total. The van der Waals surface area contributed by atoms with Crippen LogP contribution >= 0.6 is 11.3 Å². The molecule has 0 bridgehead atoms. The van der Waals surface area contributed by atoms with Gasteiger partial charge in [0, 0.05) is 24.5 Å². The van der Waals surface area contributed by atoms with Gasteiger partial charge >= 0.3 is 0 Å². The molecule has 0 radical (unpaired) electrons. The molecule has 0 unspecified atom stereocenters. The van der Waals surface area contributed by atoms with Gasteiger partial charge in [-0.25, -0.2) is 13.1 Å². The predicted octanol–water partition coefficient (Wildman–Crippen LogP) is 3.03. The number of aryl methyl sites for hydroxylation is 3. The van der Waals surface area contributed by atoms with Crippen LogP contribution in [-0.4, -0.2) is 46.2 Å². The average Bonchev–Trinajstić information content (AvgIpc) is 3.13. The van der Waals surface area contributed by atoms with Crippen LogP contribution in [0.3, 0.4) is 0 Å². The molecular formula is C19H26N2O3S2. The van der Waals surface area contributed by atoms with Crippen LogP contribution < -0.4 is 4.72 Å². The van der Waals surface area contributed by atoms with Crippen molar-refractivity contribution in [1.29, 1.82) is 0 Å². The van der Waals surface area contributed by atoms with Crippen LogP contribution in [-0.2, 0) is 14.8 Å². The number of hydrogen-bond donors (Lipinski definition) is 1. The van der Waals surface area contributed by atoms with Crippen molar-refractivity contribution >= 4 is 21.4 Å². The molecule has 0 aliphatic carbocycles. The zero-order valence-electron chi connectivity index (χ0n) is 15.5. The first-order valence-electron chi connectivity index (χ1n) is 8.81. The predicted molar refractivity (Wildman–Crippen MR) is 105 cm³/mol. The van der Waals surface area contributed by atoms with E-state index in [1.807, 2.05) is 38.3 Å². The molecule has 0 spiro atoms. The van der Waals surface area contributed by atoms with Gasteiger partial charge in [-0.15, -0.1) is 11.3 Å². The summed E-state index contributed by atoms with van der Waals surface area (Å²) in [4.78, 5) is 3.84. The summed E-state index contributed by atoms with van der Waals surface area (Å²) in [5.41, 5.74) is 2.87. The molecule has 1 aromatic heterocycles. The van der Waals surface area contributed by atoms with Gasteiger partial charge in [-0.1, -0.05) is 12.1 Å². The van der Waals surface area contributed by atoms with Crippen molar-refractivity contribution < 1.29 is 13.2 Å². The molecule has 1 saturated heterocycles. The van der Waals surface area contributed by atoms with E-state index >= 15 is 0 Å². The molecule has 1 aromatic carbocycles. The fourth-order valence-corrected chi connectivity index (χ4v) is 5.48. The third-order valence-corrected chi connectivity index (χ3v) is 7.44. The van der Waals surface area contributed by atoms with Crippen LogP contribution in [0.15, 0.2) is 34.5 Å². The summed E-state index contributed by atoms with van der Waals surface area (Å²) >= 11 is 1.66. The molecule has 2 aromatic rings. The highest BCUT2D eigenvalue weighted by Gasteiger charge is 2.26. The molecule has 26 heavy (non-hydrogen) atoms. The van der Waals surface area contributed by atoms with Crippen LogP contribution in [0.25, 0.3) is 0 Å². The second-order valence-corrected chi connectivity index (χ2v) is 9.45. The fourth-order valence-electron chi connectivity index (χ4n) is 3.27. The number of nitrogens with zero attached hydrogens (tertiary/aromatic N) is 1. The molecule has 1 aliphatic heterocycles. The zero-order chi connectivity index (χ0) is 18.7. The third kappa shape index (κ3) is 4.35. The lowest BCUT2D eigenvalue weighted by Crippen LogP contribution is -2.43. The van der Waals surface area contributed by atoms with Gasteiger partial charge < -0.3 is 4.74 Å². The summed E-state index contributed by atoms with van der Waals surface area (Å²) in [5, 5.41) is 2.03. The third-order valence-electron chi connectivity index (χ3n) is 4.91. The Morgan fingerprint density at radius 2 is 1.85 bits per heavy atom. The Balaban J connectivity index is 1.81. The summed E-state index contributed by atoms with van der Waals surface area (Å²) in [6.07, 6.45) is 0. The standard InChI is InChI=1S/C19H26N2O3S2/c1-14-11-16(3)19(12-15(14)2)26(22,23)20-13-17(18-5-4-10-25-18)21-6-8-24-9-7-21/h4-5,10-12,17,20H,6-9,13H2,1-3H3/t17-/m1/s1. The van der Waals surface area contributed by atoms with E-state index in [0.29, 0.717) is 24.7 Å². The highest BCUT2D eigenvalue weighted by molar-refractivity contribution is 7.89. The van der Waals surface area contributed by atoms with Crippen LogP contribution in [0, 0.1) is 20.8 Å². The summed E-state index contributed by atoms with van der Waals surface area (Å²) in [5.74, 6) is 0. The second kappa shape index (κ2) is 8.19. The van der Waals surface area contributed by atoms with Crippen molar-refractivity contribution in [3.63, 3.8) is 0 Å². The lowest BCUT2D eigenvalue weighted by molar-refractivity contribution is 0.0179. The largest absolute Gasteiger partial charge is 0.379 e. The molecule has 1 atom stereocenters. The topological polar surface area (TPSA) is 58.6 Å². The van der Waals surface area contributed by atoms with Crippen molar-refractivity contribution in [3.8, 4) is 0 Å². The van der Waals surface area contributed by atoms with E-state index in [1.165, 1.54) is 4.88 Å². The number of benzene rings is 1. The average molecular weight is 395 g/mol. The highest BCUT2D eigenvalue weighted by atomic mass is 32.2. The van der Waals surface area contributed by atoms with Gasteiger partial charge in [-0.05, 0) is 55.0 Å². The molecule has 0 saturated carbocycles. The lowest BCUT2D eigenvalue weighted by atomic mass is 10.1. The summed E-state index contributed by atoms with van der Waals surface area (Å²) in [6.45, 7) is 9.14. The molecule has 142 valence electrons. The number of sulfonamides is 1. The van der Waals surface area contributed by atoms with Gasteiger partial charge in [0.25, 0.3) is 0 Å². The van der Waals surface area contributed by atoms with Crippen molar-refractivity contribution in [2.45, 2.75) is 31.7 Å². The number of thiophene rings is 1. The number of morpholine rings is 1. The maximum Gasteiger partial charge on any atom is 0.240 e. The molecule has 1 fully saturated rings. The quantitative estimate of drug-likeness (QED) is 0.818. The van der Waals surface area contributed by atoms with Crippen molar-refractivity contribution in [2.24, 2.45) is 0 Å². The minimum atomic E-state index is -3.56. The maximum atomic E-state index is 12.9. The van der Waals surface area contributed by atoms with E-state index < -0.39 is 10.0 Å². The minimum absolute atomic E-state index is 0.0283. The zero-order valence-corrected chi connectivity index (χ0v) is 17.1. The van der Waals surface area contributed by atoms with Crippen LogP contribution in [0.5, 0.6) is 0 Å². The Hall–Kier alpha value is -1.25. The normalized spacial score (nSPS) is 17.3. The maximum absolute atomic E-state index is 12.9. The van der Waals surface area contributed by atoms with E-state index in [1.54, 1.807) is 17.4 Å². The molecule has 2 heterocycles. The fraction of sp³-hybridized carbons (Fsp3) is 0.474. The minimum Gasteiger partial charge on any atom is -0.379 e. The van der Waals surface area contributed by atoms with Crippen molar-refractivity contribution in [1.82, 2.24) is 9.62 Å². The van der Waals surface area contributed by atoms with E-state index in [4.69, 9.17) is 4.74 Å². The lowest BCUT2D eigenvalue weighted by Gasteiger charge is -2.34. The number of hydrogen-bond acceptors (Lipinski definition) is 5. The van der Waals surface area contributed by atoms with Gasteiger partial charge in [-0.2, -0.15) is 0 Å². The number of ether oxygens (including phenoxy) is 1. The van der Waals surface area contributed by atoms with Crippen molar-refractivity contribution in [3.05, 3.63) is 51.2 Å². The molecule has 0 amide bonds. The Kier molecular flexibility index (Phi) is 6.14. The smallest absolute Gasteiger partial charge is 0.240 e. The van der Waals surface area contributed by atoms with Gasteiger partial charge in [0.1, 0.15) is 0 Å². The molecular weight excluding hydrogens is 368 g/mol. The molecule has 1 N–H and O–H groups in total. The second-order valence-electron chi connectivity index (χ2n) is 6.73. The first-order chi connectivity index (χ1) is 12.4. The van der Waals surface area contributed by atoms with E-state index in [0.717, 1.165) is 29.8 Å². The van der Waals surface area contributed by atoms with Gasteiger partial charge in [-0.3, -0.25) is 4.90 Å². The van der Waals surface area contributed by atoms with E-state index in [2.05, 4.69) is 15.7 Å². The van der Waals surface area contributed by atoms with Crippen LogP contribution in [0.2, 0.25) is 0 Å². The monoisotopic (exact) mass is 394 g/mol. The van der Waals surface area contributed by atoms with Crippen molar-refractivity contribution in [2.75, 3.05) is 32.8 Å². The molecule has 3 rings (SSSR count). The Morgan fingerprint density at radius 1 is 1.15 bits per heavy atom. The summed E-state index contributed by atoms with van der Waals surface area (Å²) < 4.78 is 34.1. The Labute approximate surface area is 160 Å². The van der Waals surface area contributed by atoms with E-state index in [9.17, 15) is 8.42 Å². The molecule has 7 heteroatoms. The number of rotatable bonds is 6. The molecule has 1 aliphatic rings. The first-order valence-corrected chi connectivity index (χ1v) is 11.2.